The van der Waals surface area contributed by atoms with Gasteiger partial charge in [0.05, 0.1) is 10.9 Å². The fourth-order valence-electron chi connectivity index (χ4n) is 1.94. The van der Waals surface area contributed by atoms with Crippen LogP contribution in [0.4, 0.5) is 0 Å². The molecule has 0 aliphatic rings. The summed E-state index contributed by atoms with van der Waals surface area (Å²) in [5, 5.41) is 0.627. The fraction of sp³-hybridized carbons (Fsp3) is 0.0769. The summed E-state index contributed by atoms with van der Waals surface area (Å²) in [7, 11) is 0. The zero-order chi connectivity index (χ0) is 12.0. The molecule has 0 saturated heterocycles. The van der Waals surface area contributed by atoms with Crippen LogP contribution in [0, 0.1) is 6.92 Å². The molecule has 1 aromatic carbocycles. The third-order valence-corrected chi connectivity index (χ3v) is 3.29. The molecule has 0 unspecified atom stereocenters. The Hall–Kier alpha value is -1.68. The number of fused-ring (bicyclic) bond motifs is 2. The van der Waals surface area contributed by atoms with E-state index in [2.05, 4.69) is 20.9 Å². The summed E-state index contributed by atoms with van der Waals surface area (Å²) < 4.78 is 2.47. The standard InChI is InChI=1S/C13H9BrN2O/c1-8-3-2-6-16-12(8)15-11-5-4-9(14)7-10(11)13(16)17/h2-7H,1H3. The van der Waals surface area contributed by atoms with E-state index >= 15 is 0 Å². The van der Waals surface area contributed by atoms with Gasteiger partial charge in [-0.25, -0.2) is 4.98 Å². The van der Waals surface area contributed by atoms with Gasteiger partial charge in [-0.05, 0) is 36.8 Å². The van der Waals surface area contributed by atoms with E-state index in [0.717, 1.165) is 15.6 Å². The molecule has 0 atom stereocenters. The zero-order valence-electron chi connectivity index (χ0n) is 9.14. The van der Waals surface area contributed by atoms with Crippen LogP contribution in [-0.2, 0) is 0 Å². The molecule has 0 aliphatic heterocycles. The molecule has 0 amide bonds. The number of rotatable bonds is 0. The molecule has 0 bridgehead atoms. The molecule has 0 aliphatic carbocycles. The third kappa shape index (κ3) is 1.56. The Morgan fingerprint density at radius 3 is 2.94 bits per heavy atom. The lowest BCUT2D eigenvalue weighted by Crippen LogP contribution is -2.15. The minimum absolute atomic E-state index is 0.0324. The second-order valence-corrected chi connectivity index (χ2v) is 4.88. The summed E-state index contributed by atoms with van der Waals surface area (Å²) in [6.45, 7) is 1.95. The lowest BCUT2D eigenvalue weighted by Gasteiger charge is -2.05. The van der Waals surface area contributed by atoms with E-state index in [1.807, 2.05) is 31.2 Å². The molecule has 2 aromatic heterocycles. The molecule has 0 spiro atoms. The predicted octanol–water partition coefficient (Wildman–Crippen LogP) is 2.92. The van der Waals surface area contributed by atoms with Crippen LogP contribution in [0.1, 0.15) is 5.56 Å². The van der Waals surface area contributed by atoms with Crippen molar-refractivity contribution in [2.75, 3.05) is 0 Å². The molecular formula is C13H9BrN2O. The maximum absolute atomic E-state index is 12.3. The first-order valence-corrected chi connectivity index (χ1v) is 6.03. The van der Waals surface area contributed by atoms with Gasteiger partial charge in [0.25, 0.3) is 5.56 Å². The average molecular weight is 289 g/mol. The quantitative estimate of drug-likeness (QED) is 0.596. The van der Waals surface area contributed by atoms with Crippen LogP contribution < -0.4 is 5.56 Å². The monoisotopic (exact) mass is 288 g/mol. The van der Waals surface area contributed by atoms with E-state index in [9.17, 15) is 4.79 Å². The van der Waals surface area contributed by atoms with E-state index in [1.165, 1.54) is 0 Å². The van der Waals surface area contributed by atoms with Crippen LogP contribution in [0.2, 0.25) is 0 Å². The highest BCUT2D eigenvalue weighted by molar-refractivity contribution is 9.10. The van der Waals surface area contributed by atoms with Crippen molar-refractivity contribution in [3.8, 4) is 0 Å². The van der Waals surface area contributed by atoms with Gasteiger partial charge in [-0.15, -0.1) is 0 Å². The Labute approximate surface area is 106 Å². The highest BCUT2D eigenvalue weighted by atomic mass is 79.9. The van der Waals surface area contributed by atoms with Crippen molar-refractivity contribution < 1.29 is 0 Å². The van der Waals surface area contributed by atoms with Gasteiger partial charge < -0.3 is 0 Å². The summed E-state index contributed by atoms with van der Waals surface area (Å²) in [6, 6.07) is 9.36. The summed E-state index contributed by atoms with van der Waals surface area (Å²) in [6.07, 6.45) is 1.75. The maximum atomic E-state index is 12.3. The maximum Gasteiger partial charge on any atom is 0.265 e. The minimum atomic E-state index is -0.0324. The van der Waals surface area contributed by atoms with Crippen LogP contribution in [0.25, 0.3) is 16.6 Å². The first-order valence-electron chi connectivity index (χ1n) is 5.24. The topological polar surface area (TPSA) is 34.4 Å². The van der Waals surface area contributed by atoms with Crippen LogP contribution in [0.5, 0.6) is 0 Å². The average Bonchev–Trinajstić information content (AvgIpc) is 2.32. The Kier molecular flexibility index (Phi) is 2.26. The van der Waals surface area contributed by atoms with E-state index in [1.54, 1.807) is 16.7 Å². The lowest BCUT2D eigenvalue weighted by atomic mass is 10.2. The Balaban J connectivity index is 2.62. The molecular weight excluding hydrogens is 280 g/mol. The van der Waals surface area contributed by atoms with Gasteiger partial charge in [0.15, 0.2) is 0 Å². The Morgan fingerprint density at radius 1 is 1.29 bits per heavy atom. The smallest absolute Gasteiger partial charge is 0.265 e. The lowest BCUT2D eigenvalue weighted by molar-refractivity contribution is 1.06. The second-order valence-electron chi connectivity index (χ2n) is 3.96. The Morgan fingerprint density at radius 2 is 2.12 bits per heavy atom. The summed E-state index contributed by atoms with van der Waals surface area (Å²) in [4.78, 5) is 16.8. The number of nitrogens with zero attached hydrogens (tertiary/aromatic N) is 2. The summed E-state index contributed by atoms with van der Waals surface area (Å²) in [5.41, 5.74) is 2.41. The van der Waals surface area contributed by atoms with E-state index in [-0.39, 0.29) is 5.56 Å². The van der Waals surface area contributed by atoms with Crippen molar-refractivity contribution in [2.24, 2.45) is 0 Å². The van der Waals surface area contributed by atoms with E-state index in [4.69, 9.17) is 0 Å². The molecule has 84 valence electrons. The number of hydrogen-bond acceptors (Lipinski definition) is 2. The highest BCUT2D eigenvalue weighted by Crippen LogP contribution is 2.17. The number of benzene rings is 1. The van der Waals surface area contributed by atoms with Crippen molar-refractivity contribution in [3.05, 3.63) is 56.9 Å². The minimum Gasteiger partial charge on any atom is -0.268 e. The number of halogens is 1. The highest BCUT2D eigenvalue weighted by Gasteiger charge is 2.06. The SMILES string of the molecule is Cc1cccn2c(=O)c3cc(Br)ccc3nc12. The van der Waals surface area contributed by atoms with Gasteiger partial charge in [-0.1, -0.05) is 22.0 Å². The van der Waals surface area contributed by atoms with Crippen molar-refractivity contribution in [3.63, 3.8) is 0 Å². The van der Waals surface area contributed by atoms with Crippen molar-refractivity contribution >= 4 is 32.5 Å². The van der Waals surface area contributed by atoms with Crippen molar-refractivity contribution in [1.29, 1.82) is 0 Å². The molecule has 17 heavy (non-hydrogen) atoms. The number of aryl methyl sites for hydroxylation is 1. The normalized spacial score (nSPS) is 11.2. The number of hydrogen-bond donors (Lipinski definition) is 0. The molecule has 0 fully saturated rings. The van der Waals surface area contributed by atoms with Gasteiger partial charge >= 0.3 is 0 Å². The molecule has 2 heterocycles. The first kappa shape index (κ1) is 10.5. The van der Waals surface area contributed by atoms with E-state index in [0.29, 0.717) is 11.0 Å². The van der Waals surface area contributed by atoms with E-state index < -0.39 is 0 Å². The molecule has 0 N–H and O–H groups in total. The van der Waals surface area contributed by atoms with Crippen LogP contribution in [-0.4, -0.2) is 9.38 Å². The summed E-state index contributed by atoms with van der Waals surface area (Å²) in [5.74, 6) is 0. The molecule has 3 aromatic rings. The van der Waals surface area contributed by atoms with Crippen LogP contribution in [0.3, 0.4) is 0 Å². The van der Waals surface area contributed by atoms with Gasteiger partial charge in [0.2, 0.25) is 0 Å². The van der Waals surface area contributed by atoms with Crippen LogP contribution in [0.15, 0.2) is 45.8 Å². The van der Waals surface area contributed by atoms with Gasteiger partial charge in [-0.3, -0.25) is 9.20 Å². The van der Waals surface area contributed by atoms with Crippen molar-refractivity contribution in [1.82, 2.24) is 9.38 Å². The van der Waals surface area contributed by atoms with Crippen molar-refractivity contribution in [2.45, 2.75) is 6.92 Å². The molecule has 4 heteroatoms. The fourth-order valence-corrected chi connectivity index (χ4v) is 2.30. The zero-order valence-corrected chi connectivity index (χ0v) is 10.7. The largest absolute Gasteiger partial charge is 0.268 e. The number of aromatic nitrogens is 2. The molecule has 3 rings (SSSR count). The number of pyridine rings is 1. The van der Waals surface area contributed by atoms with Gasteiger partial charge in [-0.2, -0.15) is 0 Å². The molecule has 3 nitrogen and oxygen atoms in total. The molecule has 0 saturated carbocycles. The summed E-state index contributed by atoms with van der Waals surface area (Å²) >= 11 is 3.37. The Bertz CT molecular complexity index is 786. The molecule has 0 radical (unpaired) electrons. The van der Waals surface area contributed by atoms with Gasteiger partial charge in [0, 0.05) is 10.7 Å². The second kappa shape index (κ2) is 3.67. The first-order chi connectivity index (χ1) is 8.16. The van der Waals surface area contributed by atoms with Crippen LogP contribution >= 0.6 is 15.9 Å². The third-order valence-electron chi connectivity index (χ3n) is 2.80. The van der Waals surface area contributed by atoms with Gasteiger partial charge in [0.1, 0.15) is 5.65 Å². The predicted molar refractivity (Wildman–Crippen MR) is 71.4 cm³/mol.